The lowest BCUT2D eigenvalue weighted by atomic mass is 10.4. The normalized spacial score (nSPS) is 19.5. The van der Waals surface area contributed by atoms with Crippen LogP contribution >= 0.6 is 0 Å². The van der Waals surface area contributed by atoms with Gasteiger partial charge in [0.2, 0.25) is 0 Å². The molecule has 1 aliphatic rings. The maximum Gasteiger partial charge on any atom is 0.279 e. The van der Waals surface area contributed by atoms with Crippen molar-refractivity contribution in [1.29, 1.82) is 5.26 Å². The van der Waals surface area contributed by atoms with E-state index >= 15 is 0 Å². The molecule has 1 fully saturated rings. The van der Waals surface area contributed by atoms with Gasteiger partial charge in [-0.25, -0.2) is 4.72 Å². The van der Waals surface area contributed by atoms with Crippen molar-refractivity contribution in [3.05, 3.63) is 0 Å². The SMILES string of the molecule is CCCNS(=O)(=O)N1CCN(CC#N)CC1. The molecule has 92 valence electrons. The van der Waals surface area contributed by atoms with Crippen molar-refractivity contribution in [3.8, 4) is 6.07 Å². The summed E-state index contributed by atoms with van der Waals surface area (Å²) >= 11 is 0. The Labute approximate surface area is 97.0 Å². The Hall–Kier alpha value is -0.680. The highest BCUT2D eigenvalue weighted by molar-refractivity contribution is 7.87. The molecule has 1 saturated heterocycles. The molecular formula is C9H18N4O2S. The van der Waals surface area contributed by atoms with Gasteiger partial charge < -0.3 is 0 Å². The summed E-state index contributed by atoms with van der Waals surface area (Å²) in [6, 6.07) is 2.07. The summed E-state index contributed by atoms with van der Waals surface area (Å²) in [5.74, 6) is 0. The molecule has 0 radical (unpaired) electrons. The zero-order valence-corrected chi connectivity index (χ0v) is 10.3. The van der Waals surface area contributed by atoms with Gasteiger partial charge in [-0.15, -0.1) is 0 Å². The summed E-state index contributed by atoms with van der Waals surface area (Å²) in [7, 11) is -3.31. The lowest BCUT2D eigenvalue weighted by molar-refractivity contribution is 0.205. The van der Waals surface area contributed by atoms with E-state index in [1.807, 2.05) is 11.8 Å². The first-order chi connectivity index (χ1) is 7.60. The lowest BCUT2D eigenvalue weighted by Gasteiger charge is -2.32. The largest absolute Gasteiger partial charge is 0.288 e. The summed E-state index contributed by atoms with van der Waals surface area (Å²) in [6.45, 7) is 4.94. The van der Waals surface area contributed by atoms with Crippen molar-refractivity contribution in [2.24, 2.45) is 0 Å². The Kier molecular flexibility index (Phi) is 5.15. The summed E-state index contributed by atoms with van der Waals surface area (Å²) in [5, 5.41) is 8.52. The molecular weight excluding hydrogens is 228 g/mol. The number of nitrogens with one attached hydrogen (secondary N) is 1. The van der Waals surface area contributed by atoms with Crippen LogP contribution in [-0.2, 0) is 10.2 Å². The van der Waals surface area contributed by atoms with Crippen molar-refractivity contribution < 1.29 is 8.42 Å². The summed E-state index contributed by atoms with van der Waals surface area (Å²) in [5.41, 5.74) is 0. The molecule has 0 saturated carbocycles. The van der Waals surface area contributed by atoms with Gasteiger partial charge in [0, 0.05) is 32.7 Å². The van der Waals surface area contributed by atoms with Gasteiger partial charge in [-0.2, -0.15) is 18.0 Å². The Morgan fingerprint density at radius 1 is 1.31 bits per heavy atom. The highest BCUT2D eigenvalue weighted by atomic mass is 32.2. The van der Waals surface area contributed by atoms with Crippen molar-refractivity contribution in [1.82, 2.24) is 13.9 Å². The first-order valence-corrected chi connectivity index (χ1v) is 6.88. The second-order valence-electron chi connectivity index (χ2n) is 3.73. The second-order valence-corrected chi connectivity index (χ2v) is 5.49. The number of hydrogen-bond acceptors (Lipinski definition) is 4. The summed E-state index contributed by atoms with van der Waals surface area (Å²) in [4.78, 5) is 1.95. The fourth-order valence-corrected chi connectivity index (χ4v) is 2.84. The van der Waals surface area contributed by atoms with Crippen molar-refractivity contribution >= 4 is 10.2 Å². The predicted molar refractivity (Wildman–Crippen MR) is 60.8 cm³/mol. The van der Waals surface area contributed by atoms with E-state index in [-0.39, 0.29) is 0 Å². The fourth-order valence-electron chi connectivity index (χ4n) is 1.55. The van der Waals surface area contributed by atoms with Gasteiger partial charge in [-0.3, -0.25) is 4.90 Å². The quantitative estimate of drug-likeness (QED) is 0.655. The standard InChI is InChI=1S/C9H18N4O2S/c1-2-4-11-16(14,15)13-8-6-12(5-3-10)7-9-13/h11H,2,4-9H2,1H3. The molecule has 1 heterocycles. The molecule has 1 N–H and O–H groups in total. The lowest BCUT2D eigenvalue weighted by Crippen LogP contribution is -2.52. The monoisotopic (exact) mass is 246 g/mol. The minimum absolute atomic E-state index is 0.371. The van der Waals surface area contributed by atoms with Crippen LogP contribution in [0.3, 0.4) is 0 Å². The molecule has 6 nitrogen and oxygen atoms in total. The summed E-state index contributed by atoms with van der Waals surface area (Å²) < 4.78 is 27.5. The van der Waals surface area contributed by atoms with Gasteiger partial charge >= 0.3 is 0 Å². The van der Waals surface area contributed by atoms with E-state index in [9.17, 15) is 8.42 Å². The fraction of sp³-hybridized carbons (Fsp3) is 0.889. The van der Waals surface area contributed by atoms with Gasteiger partial charge in [0.25, 0.3) is 10.2 Å². The van der Waals surface area contributed by atoms with Gasteiger partial charge in [0.15, 0.2) is 0 Å². The molecule has 1 rings (SSSR count). The minimum Gasteiger partial charge on any atom is -0.288 e. The van der Waals surface area contributed by atoms with Gasteiger partial charge in [-0.05, 0) is 6.42 Å². The molecule has 0 aromatic rings. The zero-order chi connectivity index (χ0) is 12.0. The van der Waals surface area contributed by atoms with Crippen LogP contribution in [0.1, 0.15) is 13.3 Å². The van der Waals surface area contributed by atoms with Gasteiger partial charge in [-0.1, -0.05) is 6.92 Å². The Morgan fingerprint density at radius 2 is 1.94 bits per heavy atom. The van der Waals surface area contributed by atoms with Crippen LogP contribution in [0, 0.1) is 11.3 Å². The molecule has 0 amide bonds. The first-order valence-electron chi connectivity index (χ1n) is 5.44. The van der Waals surface area contributed by atoms with E-state index < -0.39 is 10.2 Å². The van der Waals surface area contributed by atoms with Crippen molar-refractivity contribution in [2.45, 2.75) is 13.3 Å². The molecule has 16 heavy (non-hydrogen) atoms. The predicted octanol–water partition coefficient (Wildman–Crippen LogP) is -0.628. The van der Waals surface area contributed by atoms with Crippen LogP contribution in [0.15, 0.2) is 0 Å². The number of hydrogen-bond donors (Lipinski definition) is 1. The van der Waals surface area contributed by atoms with Gasteiger partial charge in [0.1, 0.15) is 0 Å². The van der Waals surface area contributed by atoms with Crippen LogP contribution in [0.25, 0.3) is 0 Å². The summed E-state index contributed by atoms with van der Waals surface area (Å²) in [6.07, 6.45) is 0.785. The Morgan fingerprint density at radius 3 is 2.44 bits per heavy atom. The molecule has 0 unspecified atom stereocenters. The van der Waals surface area contributed by atoms with E-state index in [1.165, 1.54) is 4.31 Å². The third kappa shape index (κ3) is 3.72. The average Bonchev–Trinajstić information content (AvgIpc) is 2.28. The Balaban J connectivity index is 2.44. The Bertz CT molecular complexity index is 341. The topological polar surface area (TPSA) is 76.4 Å². The van der Waals surface area contributed by atoms with Crippen LogP contribution in [0.4, 0.5) is 0 Å². The number of rotatable bonds is 5. The highest BCUT2D eigenvalue weighted by Crippen LogP contribution is 2.05. The van der Waals surface area contributed by atoms with Crippen LogP contribution in [-0.4, -0.2) is 56.9 Å². The number of nitriles is 1. The average molecular weight is 246 g/mol. The third-order valence-corrected chi connectivity index (χ3v) is 4.11. The molecule has 0 aliphatic carbocycles. The van der Waals surface area contributed by atoms with Crippen molar-refractivity contribution in [3.63, 3.8) is 0 Å². The first kappa shape index (κ1) is 13.4. The minimum atomic E-state index is -3.31. The van der Waals surface area contributed by atoms with Crippen LogP contribution in [0.5, 0.6) is 0 Å². The molecule has 0 atom stereocenters. The molecule has 0 aromatic carbocycles. The van der Waals surface area contributed by atoms with Gasteiger partial charge in [0.05, 0.1) is 12.6 Å². The zero-order valence-electron chi connectivity index (χ0n) is 9.52. The molecule has 0 bridgehead atoms. The maximum atomic E-state index is 11.7. The molecule has 0 spiro atoms. The van der Waals surface area contributed by atoms with Crippen LogP contribution in [0.2, 0.25) is 0 Å². The van der Waals surface area contributed by atoms with E-state index in [0.29, 0.717) is 39.3 Å². The highest BCUT2D eigenvalue weighted by Gasteiger charge is 2.25. The van der Waals surface area contributed by atoms with E-state index in [0.717, 1.165) is 6.42 Å². The third-order valence-electron chi connectivity index (χ3n) is 2.50. The van der Waals surface area contributed by atoms with Crippen LogP contribution < -0.4 is 4.72 Å². The second kappa shape index (κ2) is 6.15. The molecule has 1 aliphatic heterocycles. The number of nitrogens with zero attached hydrogens (tertiary/aromatic N) is 3. The smallest absolute Gasteiger partial charge is 0.279 e. The van der Waals surface area contributed by atoms with E-state index in [1.54, 1.807) is 0 Å². The number of piperazine rings is 1. The van der Waals surface area contributed by atoms with Crippen molar-refractivity contribution in [2.75, 3.05) is 39.3 Å². The molecule has 0 aromatic heterocycles. The van der Waals surface area contributed by atoms with E-state index in [4.69, 9.17) is 5.26 Å². The maximum absolute atomic E-state index is 11.7. The molecule has 7 heteroatoms. The van der Waals surface area contributed by atoms with E-state index in [2.05, 4.69) is 10.8 Å².